The standard InChI is InChI=1S/C4H4O4.C3H3NS.H2O/c5-3(6)1-2-4(7)8;1-2-5-3-4-1;/h1-2H,(H,5,6)(H,7,8);1-3H;1H2. The molecule has 0 saturated heterocycles. The molecule has 1 aromatic heterocycles. The Labute approximate surface area is 83.5 Å². The lowest BCUT2D eigenvalue weighted by Crippen LogP contribution is -1.91. The molecule has 6 nitrogen and oxygen atoms in total. The Morgan fingerprint density at radius 3 is 1.86 bits per heavy atom. The summed E-state index contributed by atoms with van der Waals surface area (Å²) in [5.41, 5.74) is 1.79. The number of thiazole rings is 1. The first-order chi connectivity index (χ1) is 6.13. The Balaban J connectivity index is 0. The zero-order valence-corrected chi connectivity index (χ0v) is 7.77. The average molecular weight is 219 g/mol. The topological polar surface area (TPSA) is 119 Å². The van der Waals surface area contributed by atoms with Crippen molar-refractivity contribution in [3.63, 3.8) is 0 Å². The van der Waals surface area contributed by atoms with Crippen LogP contribution >= 0.6 is 11.3 Å². The van der Waals surface area contributed by atoms with Crippen molar-refractivity contribution in [3.8, 4) is 0 Å². The van der Waals surface area contributed by atoms with Gasteiger partial charge in [0.15, 0.2) is 0 Å². The molecule has 0 fully saturated rings. The molecule has 14 heavy (non-hydrogen) atoms. The van der Waals surface area contributed by atoms with Gasteiger partial charge in [0.25, 0.3) is 0 Å². The maximum atomic E-state index is 9.55. The van der Waals surface area contributed by atoms with E-state index in [0.29, 0.717) is 12.2 Å². The van der Waals surface area contributed by atoms with Crippen LogP contribution in [0.15, 0.2) is 29.2 Å². The van der Waals surface area contributed by atoms with Crippen molar-refractivity contribution in [2.75, 3.05) is 0 Å². The van der Waals surface area contributed by atoms with Gasteiger partial charge in [-0.2, -0.15) is 0 Å². The minimum atomic E-state index is -1.26. The molecule has 1 heterocycles. The van der Waals surface area contributed by atoms with Crippen molar-refractivity contribution in [1.29, 1.82) is 0 Å². The second kappa shape index (κ2) is 9.36. The third kappa shape index (κ3) is 12.9. The van der Waals surface area contributed by atoms with Crippen LogP contribution in [-0.4, -0.2) is 32.6 Å². The molecule has 0 atom stereocenters. The highest BCUT2D eigenvalue weighted by molar-refractivity contribution is 7.07. The van der Waals surface area contributed by atoms with Gasteiger partial charge in [-0.1, -0.05) is 0 Å². The van der Waals surface area contributed by atoms with E-state index in [2.05, 4.69) is 4.98 Å². The summed E-state index contributed by atoms with van der Waals surface area (Å²) in [6, 6.07) is 0. The Kier molecular flexibility index (Phi) is 9.88. The zero-order valence-electron chi connectivity index (χ0n) is 6.95. The van der Waals surface area contributed by atoms with Crippen molar-refractivity contribution in [1.82, 2.24) is 4.98 Å². The van der Waals surface area contributed by atoms with Crippen molar-refractivity contribution in [2.45, 2.75) is 0 Å². The van der Waals surface area contributed by atoms with Gasteiger partial charge in [0.2, 0.25) is 0 Å². The molecular formula is C7H9NO5S. The monoisotopic (exact) mass is 219 g/mol. The normalized spacial score (nSPS) is 8.29. The van der Waals surface area contributed by atoms with Gasteiger partial charge in [0, 0.05) is 23.7 Å². The molecule has 0 aliphatic carbocycles. The lowest BCUT2D eigenvalue weighted by Gasteiger charge is -1.74. The third-order valence-corrected chi connectivity index (χ3v) is 1.24. The Hall–Kier alpha value is -1.73. The fraction of sp³-hybridized carbons (Fsp3) is 0. The number of hydrogen-bond acceptors (Lipinski definition) is 4. The summed E-state index contributed by atoms with van der Waals surface area (Å²) in [5.74, 6) is -2.51. The molecule has 4 N–H and O–H groups in total. The van der Waals surface area contributed by atoms with Crippen molar-refractivity contribution in [2.24, 2.45) is 0 Å². The highest BCUT2D eigenvalue weighted by atomic mass is 32.1. The van der Waals surface area contributed by atoms with Crippen LogP contribution < -0.4 is 0 Å². The van der Waals surface area contributed by atoms with E-state index in [-0.39, 0.29) is 5.48 Å². The fourth-order valence-corrected chi connectivity index (χ4v) is 0.670. The minimum absolute atomic E-state index is 0. The number of aromatic nitrogens is 1. The molecule has 0 amide bonds. The minimum Gasteiger partial charge on any atom is -0.478 e. The maximum Gasteiger partial charge on any atom is 0.328 e. The van der Waals surface area contributed by atoms with Gasteiger partial charge in [0.1, 0.15) is 0 Å². The third-order valence-electron chi connectivity index (χ3n) is 0.716. The van der Waals surface area contributed by atoms with E-state index in [1.807, 2.05) is 5.38 Å². The summed E-state index contributed by atoms with van der Waals surface area (Å²) >= 11 is 1.60. The molecule has 0 spiro atoms. The molecule has 0 unspecified atom stereocenters. The van der Waals surface area contributed by atoms with Gasteiger partial charge in [-0.25, -0.2) is 9.59 Å². The molecule has 0 aliphatic rings. The van der Waals surface area contributed by atoms with Crippen LogP contribution in [0.1, 0.15) is 0 Å². The van der Waals surface area contributed by atoms with Crippen LogP contribution in [0.2, 0.25) is 0 Å². The molecule has 1 rings (SSSR count). The summed E-state index contributed by atoms with van der Waals surface area (Å²) in [6.07, 6.45) is 2.88. The number of carbonyl (C=O) groups is 2. The fourth-order valence-electron chi connectivity index (χ4n) is 0.318. The van der Waals surface area contributed by atoms with Crippen LogP contribution in [-0.2, 0) is 9.59 Å². The molecule has 1 aromatic rings. The summed E-state index contributed by atoms with van der Waals surface area (Å²) < 4.78 is 0. The van der Waals surface area contributed by atoms with E-state index in [0.717, 1.165) is 0 Å². The number of rotatable bonds is 2. The van der Waals surface area contributed by atoms with Gasteiger partial charge in [0.05, 0.1) is 5.51 Å². The van der Waals surface area contributed by atoms with Gasteiger partial charge in [-0.15, -0.1) is 11.3 Å². The van der Waals surface area contributed by atoms with Crippen molar-refractivity contribution >= 4 is 23.3 Å². The van der Waals surface area contributed by atoms with Gasteiger partial charge in [-0.05, 0) is 0 Å². The second-order valence-electron chi connectivity index (χ2n) is 1.69. The van der Waals surface area contributed by atoms with E-state index in [9.17, 15) is 9.59 Å². The number of hydrogen-bond donors (Lipinski definition) is 2. The summed E-state index contributed by atoms with van der Waals surface area (Å²) in [7, 11) is 0. The molecule has 78 valence electrons. The highest BCUT2D eigenvalue weighted by Gasteiger charge is 1.88. The number of carboxylic acids is 2. The van der Waals surface area contributed by atoms with E-state index >= 15 is 0 Å². The number of carboxylic acid groups (broad SMARTS) is 2. The predicted molar refractivity (Wildman–Crippen MR) is 50.1 cm³/mol. The largest absolute Gasteiger partial charge is 0.478 e. The van der Waals surface area contributed by atoms with Crippen LogP contribution in [0.3, 0.4) is 0 Å². The van der Waals surface area contributed by atoms with Crippen LogP contribution in [0.5, 0.6) is 0 Å². The van der Waals surface area contributed by atoms with E-state index < -0.39 is 11.9 Å². The molecule has 0 saturated carbocycles. The highest BCUT2D eigenvalue weighted by Crippen LogP contribution is 1.85. The predicted octanol–water partition coefficient (Wildman–Crippen LogP) is 0.0302. The number of nitrogens with zero attached hydrogens (tertiary/aromatic N) is 1. The van der Waals surface area contributed by atoms with Gasteiger partial charge >= 0.3 is 11.9 Å². The van der Waals surface area contributed by atoms with Gasteiger partial charge < -0.3 is 15.7 Å². The van der Waals surface area contributed by atoms with Crippen LogP contribution in [0.25, 0.3) is 0 Å². The summed E-state index contributed by atoms with van der Waals surface area (Å²) in [5, 5.41) is 17.6. The SMILES string of the molecule is O.O=C(O)C=CC(=O)O.c1cscn1. The van der Waals surface area contributed by atoms with Crippen molar-refractivity contribution < 1.29 is 25.3 Å². The van der Waals surface area contributed by atoms with Crippen molar-refractivity contribution in [3.05, 3.63) is 29.2 Å². The molecule has 7 heteroatoms. The summed E-state index contributed by atoms with van der Waals surface area (Å²) in [4.78, 5) is 22.8. The zero-order chi connectivity index (χ0) is 10.1. The quantitative estimate of drug-likeness (QED) is 0.680. The summed E-state index contributed by atoms with van der Waals surface area (Å²) in [6.45, 7) is 0. The lowest BCUT2D eigenvalue weighted by atomic mass is 10.5. The first kappa shape index (κ1) is 14.8. The molecule has 0 bridgehead atoms. The van der Waals surface area contributed by atoms with Crippen LogP contribution in [0.4, 0.5) is 0 Å². The average Bonchev–Trinajstić information content (AvgIpc) is 2.57. The first-order valence-electron chi connectivity index (χ1n) is 3.09. The van der Waals surface area contributed by atoms with E-state index in [1.54, 1.807) is 23.0 Å². The molecule has 0 aliphatic heterocycles. The van der Waals surface area contributed by atoms with E-state index in [1.165, 1.54) is 0 Å². The Morgan fingerprint density at radius 2 is 1.71 bits per heavy atom. The smallest absolute Gasteiger partial charge is 0.328 e. The lowest BCUT2D eigenvalue weighted by molar-refractivity contribution is -0.134. The van der Waals surface area contributed by atoms with E-state index in [4.69, 9.17) is 10.2 Å². The maximum absolute atomic E-state index is 9.55. The molecular weight excluding hydrogens is 210 g/mol. The molecule has 0 aromatic carbocycles. The van der Waals surface area contributed by atoms with Gasteiger partial charge in [-0.3, -0.25) is 4.98 Å². The Morgan fingerprint density at radius 1 is 1.21 bits per heavy atom. The Bertz CT molecular complexity index is 249. The second-order valence-corrected chi connectivity index (χ2v) is 2.44. The van der Waals surface area contributed by atoms with Crippen LogP contribution in [0, 0.1) is 0 Å². The first-order valence-corrected chi connectivity index (χ1v) is 4.03. The number of aliphatic carboxylic acids is 2. The molecule has 0 radical (unpaired) electrons.